The molecule has 158 valence electrons. The third-order valence-electron chi connectivity index (χ3n) is 5.10. The molecule has 9 nitrogen and oxygen atoms in total. The van der Waals surface area contributed by atoms with Crippen LogP contribution in [-0.4, -0.2) is 53.4 Å². The third-order valence-corrected chi connectivity index (χ3v) is 5.10. The Bertz CT molecular complexity index is 1170. The Balaban J connectivity index is 1.38. The van der Waals surface area contributed by atoms with Gasteiger partial charge in [0.15, 0.2) is 0 Å². The number of benzene rings is 2. The van der Waals surface area contributed by atoms with Gasteiger partial charge in [0.1, 0.15) is 12.6 Å². The van der Waals surface area contributed by atoms with Crippen LogP contribution in [0.15, 0.2) is 54.7 Å². The van der Waals surface area contributed by atoms with E-state index in [1.807, 2.05) is 30.5 Å². The highest BCUT2D eigenvalue weighted by atomic mass is 16.5. The van der Waals surface area contributed by atoms with Gasteiger partial charge >= 0.3 is 12.0 Å². The number of anilines is 1. The minimum absolute atomic E-state index is 0.321. The van der Waals surface area contributed by atoms with Crippen LogP contribution >= 0.6 is 0 Å². The molecule has 1 atom stereocenters. The Morgan fingerprint density at radius 2 is 1.84 bits per heavy atom. The number of carbonyl (C=O) groups is 4. The molecule has 0 unspecified atom stereocenters. The van der Waals surface area contributed by atoms with Crippen molar-refractivity contribution in [1.29, 1.82) is 0 Å². The lowest BCUT2D eigenvalue weighted by Gasteiger charge is -2.13. The minimum Gasteiger partial charge on any atom is -0.465 e. The number of para-hydroxylation sites is 1. The van der Waals surface area contributed by atoms with E-state index in [0.29, 0.717) is 17.7 Å². The largest absolute Gasteiger partial charge is 0.465 e. The second kappa shape index (κ2) is 8.31. The van der Waals surface area contributed by atoms with Gasteiger partial charge in [0, 0.05) is 29.2 Å². The van der Waals surface area contributed by atoms with Crippen molar-refractivity contribution in [2.75, 3.05) is 19.0 Å². The molecule has 9 heteroatoms. The van der Waals surface area contributed by atoms with Crippen molar-refractivity contribution in [2.45, 2.75) is 12.5 Å². The first-order valence-electron chi connectivity index (χ1n) is 9.61. The zero-order chi connectivity index (χ0) is 22.0. The van der Waals surface area contributed by atoms with Crippen molar-refractivity contribution in [3.63, 3.8) is 0 Å². The van der Waals surface area contributed by atoms with Crippen LogP contribution in [-0.2, 0) is 20.7 Å². The molecular formula is C22H20N4O5. The summed E-state index contributed by atoms with van der Waals surface area (Å²) in [5.41, 5.74) is 2.63. The predicted octanol–water partition coefficient (Wildman–Crippen LogP) is 2.06. The molecule has 1 aliphatic rings. The number of rotatable bonds is 6. The lowest BCUT2D eigenvalue weighted by molar-refractivity contribution is -0.130. The molecule has 0 saturated carbocycles. The van der Waals surface area contributed by atoms with Crippen LogP contribution in [0.1, 0.15) is 15.9 Å². The maximum atomic E-state index is 12.7. The SMILES string of the molecule is COC(=O)c1ccc(NC(=O)CN2C(=O)N[C@@H](Cc3c[nH]c4ccccc34)C2=O)cc1. The Labute approximate surface area is 177 Å². The molecule has 3 N–H and O–H groups in total. The summed E-state index contributed by atoms with van der Waals surface area (Å²) in [5.74, 6) is -1.47. The molecule has 1 saturated heterocycles. The number of hydrogen-bond acceptors (Lipinski definition) is 5. The summed E-state index contributed by atoms with van der Waals surface area (Å²) in [7, 11) is 1.28. The Hall–Kier alpha value is -4.14. The summed E-state index contributed by atoms with van der Waals surface area (Å²) in [6, 6.07) is 12.4. The standard InChI is InChI=1S/C22H20N4O5/c1-31-21(29)13-6-8-15(9-7-13)24-19(27)12-26-20(28)18(25-22(26)30)10-14-11-23-17-5-3-2-4-16(14)17/h2-9,11,18,23H,10,12H2,1H3,(H,24,27)(H,25,30)/t18-/m0/s1. The number of aromatic nitrogens is 1. The van der Waals surface area contributed by atoms with Gasteiger partial charge in [0.2, 0.25) is 5.91 Å². The Morgan fingerprint density at radius 3 is 2.58 bits per heavy atom. The highest BCUT2D eigenvalue weighted by Crippen LogP contribution is 2.21. The van der Waals surface area contributed by atoms with Crippen LogP contribution in [0.2, 0.25) is 0 Å². The first-order chi connectivity index (χ1) is 15.0. The van der Waals surface area contributed by atoms with E-state index in [1.54, 1.807) is 0 Å². The van der Waals surface area contributed by atoms with Gasteiger partial charge in [-0.2, -0.15) is 0 Å². The van der Waals surface area contributed by atoms with Gasteiger partial charge < -0.3 is 20.4 Å². The third kappa shape index (κ3) is 4.11. The first-order valence-corrected chi connectivity index (χ1v) is 9.61. The summed E-state index contributed by atoms with van der Waals surface area (Å²) < 4.78 is 4.62. The molecule has 1 aromatic heterocycles. The number of imide groups is 1. The molecule has 3 aromatic rings. The quantitative estimate of drug-likeness (QED) is 0.416. The van der Waals surface area contributed by atoms with Crippen LogP contribution in [0.5, 0.6) is 0 Å². The van der Waals surface area contributed by atoms with Crippen LogP contribution < -0.4 is 10.6 Å². The number of esters is 1. The van der Waals surface area contributed by atoms with Crippen molar-refractivity contribution in [1.82, 2.24) is 15.2 Å². The molecule has 1 fully saturated rings. The van der Waals surface area contributed by atoms with Gasteiger partial charge in [-0.1, -0.05) is 18.2 Å². The summed E-state index contributed by atoms with van der Waals surface area (Å²) in [4.78, 5) is 52.9. The summed E-state index contributed by atoms with van der Waals surface area (Å²) >= 11 is 0. The van der Waals surface area contributed by atoms with E-state index in [-0.39, 0.29) is 0 Å². The van der Waals surface area contributed by atoms with Crippen molar-refractivity contribution < 1.29 is 23.9 Å². The zero-order valence-corrected chi connectivity index (χ0v) is 16.7. The van der Waals surface area contributed by atoms with Crippen molar-refractivity contribution >= 4 is 40.4 Å². The molecule has 31 heavy (non-hydrogen) atoms. The molecule has 0 bridgehead atoms. The number of methoxy groups -OCH3 is 1. The van der Waals surface area contributed by atoms with Crippen molar-refractivity contribution in [2.24, 2.45) is 0 Å². The Morgan fingerprint density at radius 1 is 1.10 bits per heavy atom. The molecule has 4 amide bonds. The average molecular weight is 420 g/mol. The molecule has 2 heterocycles. The predicted molar refractivity (Wildman–Crippen MR) is 112 cm³/mol. The smallest absolute Gasteiger partial charge is 0.337 e. The van der Waals surface area contributed by atoms with E-state index in [2.05, 4.69) is 20.4 Å². The van der Waals surface area contributed by atoms with E-state index < -0.39 is 36.4 Å². The van der Waals surface area contributed by atoms with Gasteiger partial charge in [-0.15, -0.1) is 0 Å². The number of aromatic amines is 1. The van der Waals surface area contributed by atoms with Crippen LogP contribution in [0.3, 0.4) is 0 Å². The lowest BCUT2D eigenvalue weighted by Crippen LogP contribution is -2.38. The molecular weight excluding hydrogens is 400 g/mol. The van der Waals surface area contributed by atoms with Crippen molar-refractivity contribution in [3.8, 4) is 0 Å². The normalized spacial score (nSPS) is 15.8. The van der Waals surface area contributed by atoms with Gasteiger partial charge in [0.25, 0.3) is 5.91 Å². The number of amides is 4. The maximum absolute atomic E-state index is 12.7. The highest BCUT2D eigenvalue weighted by Gasteiger charge is 2.39. The fraction of sp³-hybridized carbons (Fsp3) is 0.182. The number of H-pyrrole nitrogens is 1. The van der Waals surface area contributed by atoms with Crippen LogP contribution in [0.25, 0.3) is 10.9 Å². The lowest BCUT2D eigenvalue weighted by atomic mass is 10.1. The average Bonchev–Trinajstić information content (AvgIpc) is 3.30. The maximum Gasteiger partial charge on any atom is 0.337 e. The molecule has 4 rings (SSSR count). The monoisotopic (exact) mass is 420 g/mol. The van der Waals surface area contributed by atoms with Gasteiger partial charge in [0.05, 0.1) is 12.7 Å². The molecule has 0 radical (unpaired) electrons. The van der Waals surface area contributed by atoms with Gasteiger partial charge in [-0.05, 0) is 35.9 Å². The summed E-state index contributed by atoms with van der Waals surface area (Å²) in [6.07, 6.45) is 2.14. The zero-order valence-electron chi connectivity index (χ0n) is 16.7. The second-order valence-corrected chi connectivity index (χ2v) is 7.11. The van der Waals surface area contributed by atoms with E-state index in [1.165, 1.54) is 31.4 Å². The minimum atomic E-state index is -0.737. The summed E-state index contributed by atoms with van der Waals surface area (Å²) in [5, 5.41) is 6.24. The highest BCUT2D eigenvalue weighted by molar-refractivity contribution is 6.08. The van der Waals surface area contributed by atoms with Crippen LogP contribution in [0, 0.1) is 0 Å². The number of fused-ring (bicyclic) bond motifs is 1. The molecule has 2 aromatic carbocycles. The first kappa shape index (κ1) is 20.1. The number of hydrogen-bond donors (Lipinski definition) is 3. The number of nitrogens with one attached hydrogen (secondary N) is 3. The fourth-order valence-electron chi connectivity index (χ4n) is 3.54. The molecule has 0 aliphatic carbocycles. The van der Waals surface area contributed by atoms with Gasteiger partial charge in [-0.3, -0.25) is 14.5 Å². The van der Waals surface area contributed by atoms with E-state index in [9.17, 15) is 19.2 Å². The van der Waals surface area contributed by atoms with Crippen LogP contribution in [0.4, 0.5) is 10.5 Å². The number of urea groups is 1. The van der Waals surface area contributed by atoms with E-state index in [4.69, 9.17) is 0 Å². The summed E-state index contributed by atoms with van der Waals surface area (Å²) in [6.45, 7) is -0.409. The molecule has 1 aliphatic heterocycles. The number of nitrogens with zero attached hydrogens (tertiary/aromatic N) is 1. The van der Waals surface area contributed by atoms with Crippen molar-refractivity contribution in [3.05, 3.63) is 65.9 Å². The van der Waals surface area contributed by atoms with Gasteiger partial charge in [-0.25, -0.2) is 9.59 Å². The second-order valence-electron chi connectivity index (χ2n) is 7.11. The number of carbonyl (C=O) groups excluding carboxylic acids is 4. The molecule has 0 spiro atoms. The van der Waals surface area contributed by atoms with E-state index >= 15 is 0 Å². The Kier molecular flexibility index (Phi) is 5.40. The topological polar surface area (TPSA) is 121 Å². The fourth-order valence-corrected chi connectivity index (χ4v) is 3.54. The number of ether oxygens (including phenoxy) is 1. The van der Waals surface area contributed by atoms with E-state index in [0.717, 1.165) is 21.4 Å².